The molecular formula is C19H26N4OS. The van der Waals surface area contributed by atoms with Gasteiger partial charge in [-0.1, -0.05) is 67.8 Å². The number of carbonyl (C=O) groups excluding carboxylic acids is 1. The second kappa shape index (κ2) is 9.04. The van der Waals surface area contributed by atoms with Gasteiger partial charge in [0, 0.05) is 18.2 Å². The zero-order valence-electron chi connectivity index (χ0n) is 14.8. The van der Waals surface area contributed by atoms with Gasteiger partial charge in [-0.05, 0) is 19.8 Å². The van der Waals surface area contributed by atoms with Crippen LogP contribution in [0, 0.1) is 0 Å². The molecule has 0 bridgehead atoms. The standard InChI is InChI=1S/C19H26N4OS/c1-2-23-18(15-10-6-5-7-11-15)21-22-19(23)25-14-17(24)20-16-12-8-3-4-9-13-16/h5-7,10-11,16H,2-4,8-9,12-14H2,1H3,(H,20,24). The van der Waals surface area contributed by atoms with Gasteiger partial charge in [0.15, 0.2) is 11.0 Å². The van der Waals surface area contributed by atoms with Crippen molar-refractivity contribution in [2.75, 3.05) is 5.75 Å². The highest BCUT2D eigenvalue weighted by Crippen LogP contribution is 2.24. The smallest absolute Gasteiger partial charge is 0.230 e. The highest BCUT2D eigenvalue weighted by molar-refractivity contribution is 7.99. The van der Waals surface area contributed by atoms with Crippen LogP contribution in [-0.4, -0.2) is 32.5 Å². The Labute approximate surface area is 153 Å². The topological polar surface area (TPSA) is 59.8 Å². The molecule has 1 fully saturated rings. The summed E-state index contributed by atoms with van der Waals surface area (Å²) in [7, 11) is 0. The third-order valence-corrected chi connectivity index (χ3v) is 5.58. The molecule has 0 saturated heterocycles. The second-order valence-electron chi connectivity index (χ2n) is 6.46. The fourth-order valence-corrected chi connectivity index (χ4v) is 4.12. The molecule has 25 heavy (non-hydrogen) atoms. The molecule has 0 atom stereocenters. The Hall–Kier alpha value is -1.82. The first-order chi connectivity index (χ1) is 12.3. The average molecular weight is 359 g/mol. The maximum Gasteiger partial charge on any atom is 0.230 e. The lowest BCUT2D eigenvalue weighted by molar-refractivity contribution is -0.119. The van der Waals surface area contributed by atoms with Crippen LogP contribution in [-0.2, 0) is 11.3 Å². The molecule has 1 aliphatic carbocycles. The summed E-state index contributed by atoms with van der Waals surface area (Å²) in [5.74, 6) is 1.35. The summed E-state index contributed by atoms with van der Waals surface area (Å²) in [6, 6.07) is 10.4. The highest BCUT2D eigenvalue weighted by atomic mass is 32.2. The van der Waals surface area contributed by atoms with Crippen LogP contribution in [0.25, 0.3) is 11.4 Å². The predicted molar refractivity (Wildman–Crippen MR) is 101 cm³/mol. The minimum atomic E-state index is 0.101. The molecule has 1 aliphatic rings. The summed E-state index contributed by atoms with van der Waals surface area (Å²) < 4.78 is 2.07. The van der Waals surface area contributed by atoms with E-state index in [1.54, 1.807) is 0 Å². The Balaban J connectivity index is 1.59. The lowest BCUT2D eigenvalue weighted by Crippen LogP contribution is -2.35. The van der Waals surface area contributed by atoms with Crippen LogP contribution >= 0.6 is 11.8 Å². The van der Waals surface area contributed by atoms with E-state index in [0.29, 0.717) is 11.8 Å². The van der Waals surface area contributed by atoms with Crippen molar-refractivity contribution in [3.8, 4) is 11.4 Å². The van der Waals surface area contributed by atoms with Crippen molar-refractivity contribution in [2.45, 2.75) is 63.2 Å². The number of amides is 1. The van der Waals surface area contributed by atoms with E-state index >= 15 is 0 Å². The van der Waals surface area contributed by atoms with Gasteiger partial charge in [0.1, 0.15) is 0 Å². The second-order valence-corrected chi connectivity index (χ2v) is 7.40. The molecule has 1 amide bonds. The first-order valence-corrected chi connectivity index (χ1v) is 10.2. The Bertz CT molecular complexity index is 678. The molecular weight excluding hydrogens is 332 g/mol. The first-order valence-electron chi connectivity index (χ1n) is 9.18. The van der Waals surface area contributed by atoms with Gasteiger partial charge in [0.2, 0.25) is 5.91 Å². The highest BCUT2D eigenvalue weighted by Gasteiger charge is 2.17. The molecule has 3 rings (SSSR count). The number of carbonyl (C=O) groups is 1. The van der Waals surface area contributed by atoms with E-state index < -0.39 is 0 Å². The molecule has 1 aromatic carbocycles. The zero-order valence-corrected chi connectivity index (χ0v) is 15.6. The molecule has 134 valence electrons. The van der Waals surface area contributed by atoms with Crippen molar-refractivity contribution in [1.29, 1.82) is 0 Å². The Morgan fingerprint density at radius 1 is 1.16 bits per heavy atom. The van der Waals surface area contributed by atoms with Crippen LogP contribution in [0.4, 0.5) is 0 Å². The van der Waals surface area contributed by atoms with Crippen LogP contribution < -0.4 is 5.32 Å². The van der Waals surface area contributed by atoms with Crippen molar-refractivity contribution < 1.29 is 4.79 Å². The van der Waals surface area contributed by atoms with Crippen molar-refractivity contribution in [1.82, 2.24) is 20.1 Å². The third-order valence-electron chi connectivity index (χ3n) is 4.62. The van der Waals surface area contributed by atoms with Gasteiger partial charge >= 0.3 is 0 Å². The molecule has 0 spiro atoms. The summed E-state index contributed by atoms with van der Waals surface area (Å²) in [5, 5.41) is 12.6. The van der Waals surface area contributed by atoms with E-state index in [-0.39, 0.29) is 5.91 Å². The van der Waals surface area contributed by atoms with Crippen LogP contribution in [0.2, 0.25) is 0 Å². The number of thioether (sulfide) groups is 1. The number of aromatic nitrogens is 3. The summed E-state index contributed by atoms with van der Waals surface area (Å²) in [6.07, 6.45) is 7.26. The largest absolute Gasteiger partial charge is 0.353 e. The van der Waals surface area contributed by atoms with Crippen LogP contribution in [0.5, 0.6) is 0 Å². The lowest BCUT2D eigenvalue weighted by Gasteiger charge is -2.16. The molecule has 0 unspecified atom stereocenters. The first kappa shape index (κ1) is 18.0. The summed E-state index contributed by atoms with van der Waals surface area (Å²) in [4.78, 5) is 12.3. The van der Waals surface area contributed by atoms with E-state index in [1.165, 1.54) is 37.4 Å². The van der Waals surface area contributed by atoms with Crippen molar-refractivity contribution in [3.05, 3.63) is 30.3 Å². The molecule has 1 heterocycles. The minimum Gasteiger partial charge on any atom is -0.353 e. The number of nitrogens with one attached hydrogen (secondary N) is 1. The fraction of sp³-hybridized carbons (Fsp3) is 0.526. The Kier molecular flexibility index (Phi) is 6.50. The SMILES string of the molecule is CCn1c(SCC(=O)NC2CCCCCC2)nnc1-c1ccccc1. The van der Waals surface area contributed by atoms with Gasteiger partial charge in [-0.3, -0.25) is 4.79 Å². The molecule has 1 aromatic heterocycles. The molecule has 5 nitrogen and oxygen atoms in total. The number of benzene rings is 1. The van der Waals surface area contributed by atoms with Crippen molar-refractivity contribution in [2.24, 2.45) is 0 Å². The van der Waals surface area contributed by atoms with E-state index in [0.717, 1.165) is 35.9 Å². The molecule has 0 radical (unpaired) electrons. The van der Waals surface area contributed by atoms with Gasteiger partial charge in [-0.2, -0.15) is 0 Å². The number of rotatable bonds is 6. The molecule has 1 saturated carbocycles. The van der Waals surface area contributed by atoms with Crippen molar-refractivity contribution >= 4 is 17.7 Å². The maximum atomic E-state index is 12.3. The van der Waals surface area contributed by atoms with Gasteiger partial charge < -0.3 is 9.88 Å². The van der Waals surface area contributed by atoms with Gasteiger partial charge in [0.25, 0.3) is 0 Å². The monoisotopic (exact) mass is 358 g/mol. The summed E-state index contributed by atoms with van der Waals surface area (Å²) in [6.45, 7) is 2.86. The number of hydrogen-bond acceptors (Lipinski definition) is 4. The Morgan fingerprint density at radius 2 is 1.88 bits per heavy atom. The predicted octanol–water partition coefficient (Wildman–Crippen LogP) is 3.90. The molecule has 2 aromatic rings. The average Bonchev–Trinajstić information content (AvgIpc) is 2.89. The third kappa shape index (κ3) is 4.84. The minimum absolute atomic E-state index is 0.101. The maximum absolute atomic E-state index is 12.3. The number of nitrogens with zero attached hydrogens (tertiary/aromatic N) is 3. The van der Waals surface area contributed by atoms with Crippen LogP contribution in [0.3, 0.4) is 0 Å². The Morgan fingerprint density at radius 3 is 2.56 bits per heavy atom. The zero-order chi connectivity index (χ0) is 17.5. The van der Waals surface area contributed by atoms with Crippen LogP contribution in [0.15, 0.2) is 35.5 Å². The summed E-state index contributed by atoms with van der Waals surface area (Å²) >= 11 is 1.47. The van der Waals surface area contributed by atoms with E-state index in [2.05, 4.69) is 27.0 Å². The van der Waals surface area contributed by atoms with E-state index in [1.807, 2.05) is 30.3 Å². The van der Waals surface area contributed by atoms with Gasteiger partial charge in [0.05, 0.1) is 5.75 Å². The molecule has 6 heteroatoms. The lowest BCUT2D eigenvalue weighted by atomic mass is 10.1. The number of hydrogen-bond donors (Lipinski definition) is 1. The van der Waals surface area contributed by atoms with Gasteiger partial charge in [-0.15, -0.1) is 10.2 Å². The van der Waals surface area contributed by atoms with Gasteiger partial charge in [-0.25, -0.2) is 0 Å². The summed E-state index contributed by atoms with van der Waals surface area (Å²) in [5.41, 5.74) is 1.05. The van der Waals surface area contributed by atoms with E-state index in [4.69, 9.17) is 0 Å². The van der Waals surface area contributed by atoms with Crippen LogP contribution in [0.1, 0.15) is 45.4 Å². The quantitative estimate of drug-likeness (QED) is 0.628. The fourth-order valence-electron chi connectivity index (χ4n) is 3.30. The van der Waals surface area contributed by atoms with E-state index in [9.17, 15) is 4.79 Å². The molecule has 0 aliphatic heterocycles. The molecule has 1 N–H and O–H groups in total. The van der Waals surface area contributed by atoms with Crippen molar-refractivity contribution in [3.63, 3.8) is 0 Å². The normalized spacial score (nSPS) is 15.7.